The molecule has 5 heteroatoms. The van der Waals surface area contributed by atoms with E-state index in [1.54, 1.807) is 10.6 Å². The zero-order chi connectivity index (χ0) is 11.3. The lowest BCUT2D eigenvalue weighted by atomic mass is 9.84. The van der Waals surface area contributed by atoms with Crippen molar-refractivity contribution < 1.29 is 0 Å². The smallest absolute Gasteiger partial charge is 0.269 e. The Morgan fingerprint density at radius 3 is 2.94 bits per heavy atom. The lowest BCUT2D eigenvalue weighted by molar-refractivity contribution is 0.257. The van der Waals surface area contributed by atoms with E-state index in [-0.39, 0.29) is 10.6 Å². The summed E-state index contributed by atoms with van der Waals surface area (Å²) in [5.41, 5.74) is 0.859. The Morgan fingerprint density at radius 1 is 1.31 bits per heavy atom. The predicted octanol–water partition coefficient (Wildman–Crippen LogP) is 1.86. The van der Waals surface area contributed by atoms with Gasteiger partial charge in [-0.25, -0.2) is 0 Å². The van der Waals surface area contributed by atoms with Gasteiger partial charge in [-0.1, -0.05) is 23.2 Å². The van der Waals surface area contributed by atoms with Gasteiger partial charge >= 0.3 is 0 Å². The molecular weight excluding hydrogens is 247 g/mol. The van der Waals surface area contributed by atoms with Crippen LogP contribution in [0.4, 0.5) is 0 Å². The van der Waals surface area contributed by atoms with E-state index in [9.17, 15) is 4.79 Å². The second-order valence-electron chi connectivity index (χ2n) is 4.60. The standard InChI is InChI=1S/C11H12Cl2N2O/c12-8-2-9(13)11(16)15-5-6-1-7(10(8)15)4-14-3-6/h2,6-7,14H,1,3-5H2. The lowest BCUT2D eigenvalue weighted by Gasteiger charge is -2.37. The maximum Gasteiger partial charge on any atom is 0.269 e. The predicted molar refractivity (Wildman–Crippen MR) is 64.4 cm³/mol. The van der Waals surface area contributed by atoms with Crippen molar-refractivity contribution >= 4 is 23.2 Å². The third-order valence-electron chi connectivity index (χ3n) is 3.51. The third-order valence-corrected chi connectivity index (χ3v) is 4.08. The number of pyridine rings is 1. The minimum atomic E-state index is -0.0994. The van der Waals surface area contributed by atoms with Gasteiger partial charge in [0.25, 0.3) is 5.56 Å². The largest absolute Gasteiger partial charge is 0.316 e. The summed E-state index contributed by atoms with van der Waals surface area (Å²) in [6.45, 7) is 2.61. The van der Waals surface area contributed by atoms with Crippen LogP contribution in [0.25, 0.3) is 0 Å². The number of fused-ring (bicyclic) bond motifs is 4. The third kappa shape index (κ3) is 1.50. The molecule has 1 saturated heterocycles. The maximum atomic E-state index is 11.9. The normalized spacial score (nSPS) is 27.6. The fraction of sp³-hybridized carbons (Fsp3) is 0.545. The first-order valence-corrected chi connectivity index (χ1v) is 6.22. The van der Waals surface area contributed by atoms with Crippen LogP contribution in [0.5, 0.6) is 0 Å². The minimum Gasteiger partial charge on any atom is -0.316 e. The van der Waals surface area contributed by atoms with Crippen LogP contribution in [0.15, 0.2) is 10.9 Å². The van der Waals surface area contributed by atoms with Crippen molar-refractivity contribution in [3.05, 3.63) is 32.2 Å². The molecule has 0 spiro atoms. The summed E-state index contributed by atoms with van der Waals surface area (Å²) in [4.78, 5) is 11.9. The van der Waals surface area contributed by atoms with Crippen molar-refractivity contribution in [2.24, 2.45) is 5.92 Å². The minimum absolute atomic E-state index is 0.0994. The van der Waals surface area contributed by atoms with Crippen LogP contribution in [0, 0.1) is 5.92 Å². The number of hydrogen-bond acceptors (Lipinski definition) is 2. The highest BCUT2D eigenvalue weighted by Crippen LogP contribution is 2.36. The first-order valence-electron chi connectivity index (χ1n) is 5.46. The molecule has 1 aromatic heterocycles. The summed E-state index contributed by atoms with van der Waals surface area (Å²) < 4.78 is 1.77. The summed E-state index contributed by atoms with van der Waals surface area (Å²) in [5.74, 6) is 0.878. The average molecular weight is 259 g/mol. The Labute approximate surface area is 103 Å². The fourth-order valence-electron chi connectivity index (χ4n) is 2.85. The van der Waals surface area contributed by atoms with Gasteiger partial charge in [-0.2, -0.15) is 0 Å². The van der Waals surface area contributed by atoms with Crippen LogP contribution in [-0.2, 0) is 6.54 Å². The molecule has 2 bridgehead atoms. The molecule has 2 aliphatic heterocycles. The van der Waals surface area contributed by atoms with Gasteiger partial charge in [0.2, 0.25) is 0 Å². The summed E-state index contributed by atoms with van der Waals surface area (Å²) >= 11 is 12.1. The van der Waals surface area contributed by atoms with E-state index < -0.39 is 0 Å². The highest BCUT2D eigenvalue weighted by molar-refractivity contribution is 6.34. The first kappa shape index (κ1) is 10.6. The summed E-state index contributed by atoms with van der Waals surface area (Å²) in [7, 11) is 0. The molecule has 3 nitrogen and oxygen atoms in total. The highest BCUT2D eigenvalue weighted by Gasteiger charge is 2.32. The Hall–Kier alpha value is -0.510. The zero-order valence-electron chi connectivity index (χ0n) is 8.67. The van der Waals surface area contributed by atoms with Crippen LogP contribution in [-0.4, -0.2) is 17.7 Å². The van der Waals surface area contributed by atoms with E-state index in [2.05, 4.69) is 5.32 Å². The van der Waals surface area contributed by atoms with Gasteiger partial charge in [-0.3, -0.25) is 4.79 Å². The monoisotopic (exact) mass is 258 g/mol. The molecule has 0 aromatic carbocycles. The van der Waals surface area contributed by atoms with Gasteiger partial charge in [0.15, 0.2) is 0 Å². The van der Waals surface area contributed by atoms with Gasteiger partial charge in [0, 0.05) is 24.7 Å². The van der Waals surface area contributed by atoms with Crippen molar-refractivity contribution in [3.63, 3.8) is 0 Å². The number of aromatic nitrogens is 1. The molecule has 1 fully saturated rings. The first-order chi connectivity index (χ1) is 7.66. The SMILES string of the molecule is O=c1c(Cl)cc(Cl)c2n1CC1CNCC2C1. The van der Waals surface area contributed by atoms with Crippen LogP contribution < -0.4 is 10.9 Å². The van der Waals surface area contributed by atoms with Gasteiger partial charge in [0.05, 0.1) is 5.02 Å². The van der Waals surface area contributed by atoms with Crippen molar-refractivity contribution in [2.45, 2.75) is 18.9 Å². The highest BCUT2D eigenvalue weighted by atomic mass is 35.5. The number of rotatable bonds is 0. The van der Waals surface area contributed by atoms with E-state index >= 15 is 0 Å². The maximum absolute atomic E-state index is 11.9. The van der Waals surface area contributed by atoms with Crippen LogP contribution in [0.2, 0.25) is 10.0 Å². The number of nitrogens with one attached hydrogen (secondary N) is 1. The molecule has 2 unspecified atom stereocenters. The van der Waals surface area contributed by atoms with Crippen molar-refractivity contribution in [1.82, 2.24) is 9.88 Å². The molecule has 0 aliphatic carbocycles. The van der Waals surface area contributed by atoms with Gasteiger partial charge in [-0.15, -0.1) is 0 Å². The van der Waals surface area contributed by atoms with Crippen molar-refractivity contribution in [3.8, 4) is 0 Å². The molecule has 0 amide bonds. The molecule has 0 saturated carbocycles. The van der Waals surface area contributed by atoms with E-state index in [1.165, 1.54) is 0 Å². The van der Waals surface area contributed by atoms with Crippen LogP contribution in [0.1, 0.15) is 18.0 Å². The second kappa shape index (κ2) is 3.76. The van der Waals surface area contributed by atoms with E-state index in [0.29, 0.717) is 16.9 Å². The lowest BCUT2D eigenvalue weighted by Crippen LogP contribution is -2.45. The van der Waals surface area contributed by atoms with Gasteiger partial charge in [0.1, 0.15) is 5.02 Å². The molecular formula is C11H12Cl2N2O. The zero-order valence-corrected chi connectivity index (χ0v) is 10.2. The Morgan fingerprint density at radius 2 is 2.12 bits per heavy atom. The van der Waals surface area contributed by atoms with E-state index in [1.807, 2.05) is 0 Å². The summed E-state index contributed by atoms with van der Waals surface area (Å²) in [6, 6.07) is 1.58. The topological polar surface area (TPSA) is 34.0 Å². The van der Waals surface area contributed by atoms with Crippen molar-refractivity contribution in [1.29, 1.82) is 0 Å². The Kier molecular flexibility index (Phi) is 2.50. The number of hydrogen-bond donors (Lipinski definition) is 1. The molecule has 1 N–H and O–H groups in total. The molecule has 16 heavy (non-hydrogen) atoms. The molecule has 2 aliphatic rings. The molecule has 2 atom stereocenters. The molecule has 1 aromatic rings. The average Bonchev–Trinajstić information content (AvgIpc) is 2.25. The second-order valence-corrected chi connectivity index (χ2v) is 5.41. The summed E-state index contributed by atoms with van der Waals surface area (Å²) in [6.07, 6.45) is 1.12. The summed E-state index contributed by atoms with van der Waals surface area (Å²) in [5, 5.41) is 4.23. The van der Waals surface area contributed by atoms with Crippen LogP contribution in [0.3, 0.4) is 0 Å². The molecule has 86 valence electrons. The molecule has 3 heterocycles. The number of nitrogens with zero attached hydrogens (tertiary/aromatic N) is 1. The van der Waals surface area contributed by atoms with Gasteiger partial charge < -0.3 is 9.88 Å². The van der Waals surface area contributed by atoms with E-state index in [4.69, 9.17) is 23.2 Å². The molecule has 3 rings (SSSR count). The Bertz CT molecular complexity index is 497. The molecule has 0 radical (unpaired) electrons. The fourth-order valence-corrected chi connectivity index (χ4v) is 3.48. The van der Waals surface area contributed by atoms with E-state index in [0.717, 1.165) is 31.7 Å². The Balaban J connectivity index is 2.23. The number of piperidine rings is 1. The van der Waals surface area contributed by atoms with Gasteiger partial charge in [-0.05, 0) is 24.9 Å². The quantitative estimate of drug-likeness (QED) is 0.771. The van der Waals surface area contributed by atoms with Crippen molar-refractivity contribution in [2.75, 3.05) is 13.1 Å². The van der Waals surface area contributed by atoms with Crippen LogP contribution >= 0.6 is 23.2 Å². The number of halogens is 2.